The van der Waals surface area contributed by atoms with Gasteiger partial charge in [-0.25, -0.2) is 9.59 Å². The maximum absolute atomic E-state index is 13.6. The first-order valence-corrected chi connectivity index (χ1v) is 12.6. The van der Waals surface area contributed by atoms with Gasteiger partial charge in [-0.2, -0.15) is 0 Å². The van der Waals surface area contributed by atoms with E-state index in [0.717, 1.165) is 25.7 Å². The van der Waals surface area contributed by atoms with Crippen LogP contribution in [-0.2, 0) is 28.7 Å². The summed E-state index contributed by atoms with van der Waals surface area (Å²) in [5.41, 5.74) is -0.597. The highest BCUT2D eigenvalue weighted by Crippen LogP contribution is 2.45. The average Bonchev–Trinajstić information content (AvgIpc) is 3.09. The molecule has 0 amide bonds. The van der Waals surface area contributed by atoms with Gasteiger partial charge < -0.3 is 19.8 Å². The van der Waals surface area contributed by atoms with Crippen molar-refractivity contribution in [3.63, 3.8) is 0 Å². The minimum atomic E-state index is -1.70. The van der Waals surface area contributed by atoms with Gasteiger partial charge in [0.05, 0.1) is 0 Å². The van der Waals surface area contributed by atoms with Gasteiger partial charge in [-0.3, -0.25) is 14.4 Å². The number of esters is 1. The Morgan fingerprint density at radius 2 is 1.78 bits per heavy atom. The van der Waals surface area contributed by atoms with Gasteiger partial charge in [0, 0.05) is 35.9 Å². The molecule has 2 heterocycles. The molecule has 0 aromatic rings. The summed E-state index contributed by atoms with van der Waals surface area (Å²) in [6.45, 7) is 5.28. The van der Waals surface area contributed by atoms with Gasteiger partial charge >= 0.3 is 17.9 Å². The van der Waals surface area contributed by atoms with Crippen LogP contribution in [-0.4, -0.2) is 56.2 Å². The highest BCUT2D eigenvalue weighted by Gasteiger charge is 2.54. The van der Waals surface area contributed by atoms with E-state index >= 15 is 0 Å². The summed E-state index contributed by atoms with van der Waals surface area (Å²) in [6.07, 6.45) is 12.2. The molecule has 0 aromatic carbocycles. The number of Topliss-reactive ketones (excluding diaryl/α,β-unsaturated/α-hetero) is 2. The second-order valence-electron chi connectivity index (χ2n) is 9.53. The molecule has 0 fully saturated rings. The number of allylic oxidation sites excluding steroid dienone is 4. The zero-order chi connectivity index (χ0) is 27.3. The topological polar surface area (TPSA) is 138 Å². The predicted octanol–water partition coefficient (Wildman–Crippen LogP) is 4.01. The molecule has 9 nitrogen and oxygen atoms in total. The van der Waals surface area contributed by atoms with E-state index in [0.29, 0.717) is 17.7 Å². The summed E-state index contributed by atoms with van der Waals surface area (Å²) in [7, 11) is 0. The number of hydrogen-bond acceptors (Lipinski definition) is 7. The van der Waals surface area contributed by atoms with Gasteiger partial charge in [0.15, 0.2) is 11.4 Å². The molecule has 9 heteroatoms. The van der Waals surface area contributed by atoms with Crippen molar-refractivity contribution in [1.82, 2.24) is 4.90 Å². The van der Waals surface area contributed by atoms with Crippen LogP contribution in [0.5, 0.6) is 0 Å². The number of aliphatic carboxylic acids is 2. The number of fused-ring (bicyclic) bond motifs is 2. The second kappa shape index (κ2) is 11.5. The van der Waals surface area contributed by atoms with Crippen molar-refractivity contribution in [1.29, 1.82) is 0 Å². The number of carboxylic acids is 2. The SMILES string of the molecule is C/C=C/C1=CC2=CC3=C(C(=O)CCCCCCC)C(=O)OC3(C)C(=O)C2=CN1[C@@H](CCC(=O)O)C(=O)O. The molecule has 0 aromatic heterocycles. The van der Waals surface area contributed by atoms with E-state index < -0.39 is 35.3 Å². The molecule has 3 aliphatic rings. The number of ether oxygens (including phenoxy) is 1. The normalized spacial score (nSPS) is 21.7. The Balaban J connectivity index is 2.02. The molecule has 1 aliphatic carbocycles. The lowest BCUT2D eigenvalue weighted by Gasteiger charge is -2.36. The number of unbranched alkanes of at least 4 members (excludes halogenated alkanes) is 4. The first-order chi connectivity index (χ1) is 17.5. The molecule has 2 N–H and O–H groups in total. The molecule has 0 saturated heterocycles. The lowest BCUT2D eigenvalue weighted by Crippen LogP contribution is -2.44. The van der Waals surface area contributed by atoms with Crippen molar-refractivity contribution in [3.05, 3.63) is 58.5 Å². The molecular formula is C28H33NO8. The standard InChI is InChI=1S/C28H33NO8/c1-4-6-7-8-9-11-22(30)24-20-15-17-14-18(10-5-2)29(21(26(34)35)12-13-23(31)32)16-19(17)25(33)28(20,3)37-27(24)36/h5,10,14-16,21H,4,6-9,11-13H2,1-3H3,(H,31,32)(H,34,35)/b10-5+/t21-,28?/m0/s1. The molecule has 0 bridgehead atoms. The van der Waals surface area contributed by atoms with Crippen LogP contribution in [0.1, 0.15) is 72.1 Å². The Morgan fingerprint density at radius 3 is 2.41 bits per heavy atom. The van der Waals surface area contributed by atoms with Crippen molar-refractivity contribution in [3.8, 4) is 0 Å². The maximum Gasteiger partial charge on any atom is 0.343 e. The van der Waals surface area contributed by atoms with Crippen molar-refractivity contribution in [2.24, 2.45) is 0 Å². The van der Waals surface area contributed by atoms with E-state index in [4.69, 9.17) is 9.84 Å². The largest absolute Gasteiger partial charge is 0.481 e. The number of ketones is 2. The molecular weight excluding hydrogens is 478 g/mol. The van der Waals surface area contributed by atoms with Crippen LogP contribution >= 0.6 is 0 Å². The highest BCUT2D eigenvalue weighted by atomic mass is 16.6. The molecule has 198 valence electrons. The Labute approximate surface area is 215 Å². The van der Waals surface area contributed by atoms with Gasteiger partial charge in [-0.05, 0) is 50.5 Å². The fourth-order valence-electron chi connectivity index (χ4n) is 4.83. The zero-order valence-electron chi connectivity index (χ0n) is 21.4. The van der Waals surface area contributed by atoms with E-state index in [2.05, 4.69) is 6.92 Å². The zero-order valence-corrected chi connectivity index (χ0v) is 21.4. The van der Waals surface area contributed by atoms with E-state index in [1.54, 1.807) is 31.2 Å². The van der Waals surface area contributed by atoms with Crippen LogP contribution in [0.2, 0.25) is 0 Å². The van der Waals surface area contributed by atoms with Crippen molar-refractivity contribution < 1.29 is 38.9 Å². The lowest BCUT2D eigenvalue weighted by atomic mass is 9.76. The van der Waals surface area contributed by atoms with Crippen molar-refractivity contribution >= 4 is 29.5 Å². The van der Waals surface area contributed by atoms with E-state index in [9.17, 15) is 29.1 Å². The molecule has 0 radical (unpaired) electrons. The van der Waals surface area contributed by atoms with Crippen LogP contribution in [0, 0.1) is 0 Å². The number of rotatable bonds is 13. The summed E-state index contributed by atoms with van der Waals surface area (Å²) in [5.74, 6) is -4.13. The van der Waals surface area contributed by atoms with Gasteiger partial charge in [0.1, 0.15) is 11.6 Å². The van der Waals surface area contributed by atoms with E-state index in [1.165, 1.54) is 18.0 Å². The summed E-state index contributed by atoms with van der Waals surface area (Å²) < 4.78 is 5.47. The number of carboxylic acid groups (broad SMARTS) is 2. The van der Waals surface area contributed by atoms with Gasteiger partial charge in [-0.1, -0.05) is 38.7 Å². The third-order valence-corrected chi connectivity index (χ3v) is 6.82. The van der Waals surface area contributed by atoms with E-state index in [1.807, 2.05) is 0 Å². The molecule has 0 saturated carbocycles. The van der Waals surface area contributed by atoms with Crippen molar-refractivity contribution in [2.45, 2.75) is 83.8 Å². The Kier molecular flexibility index (Phi) is 8.68. The van der Waals surface area contributed by atoms with E-state index in [-0.39, 0.29) is 41.8 Å². The minimum Gasteiger partial charge on any atom is -0.481 e. The van der Waals surface area contributed by atoms with Crippen LogP contribution in [0.4, 0.5) is 0 Å². The number of carbonyl (C=O) groups is 5. The average molecular weight is 512 g/mol. The van der Waals surface area contributed by atoms with Crippen molar-refractivity contribution in [2.75, 3.05) is 0 Å². The molecule has 37 heavy (non-hydrogen) atoms. The fraction of sp³-hybridized carbons (Fsp3) is 0.464. The lowest BCUT2D eigenvalue weighted by molar-refractivity contribution is -0.153. The first kappa shape index (κ1) is 27.8. The Hall–Kier alpha value is -3.75. The van der Waals surface area contributed by atoms with Crippen LogP contribution in [0.3, 0.4) is 0 Å². The van der Waals surface area contributed by atoms with Crippen LogP contribution in [0.25, 0.3) is 0 Å². The summed E-state index contributed by atoms with van der Waals surface area (Å²) in [5, 5.41) is 18.9. The van der Waals surface area contributed by atoms with Crippen LogP contribution in [0.15, 0.2) is 58.5 Å². The predicted molar refractivity (Wildman–Crippen MR) is 134 cm³/mol. The van der Waals surface area contributed by atoms with Gasteiger partial charge in [0.25, 0.3) is 0 Å². The number of carbonyl (C=O) groups excluding carboxylic acids is 3. The van der Waals surface area contributed by atoms with Gasteiger partial charge in [-0.15, -0.1) is 0 Å². The smallest absolute Gasteiger partial charge is 0.343 e. The molecule has 2 atom stereocenters. The molecule has 2 aliphatic heterocycles. The summed E-state index contributed by atoms with van der Waals surface area (Å²) in [6, 6.07) is -1.24. The second-order valence-corrected chi connectivity index (χ2v) is 9.53. The first-order valence-electron chi connectivity index (χ1n) is 12.6. The summed E-state index contributed by atoms with van der Waals surface area (Å²) >= 11 is 0. The van der Waals surface area contributed by atoms with Gasteiger partial charge in [0.2, 0.25) is 5.78 Å². The molecule has 3 rings (SSSR count). The fourth-order valence-corrected chi connectivity index (χ4v) is 4.83. The number of hydrogen-bond donors (Lipinski definition) is 2. The molecule has 1 unspecified atom stereocenters. The Morgan fingerprint density at radius 1 is 1.08 bits per heavy atom. The quantitative estimate of drug-likeness (QED) is 0.213. The highest BCUT2D eigenvalue weighted by molar-refractivity contribution is 6.25. The Bertz CT molecular complexity index is 1170. The number of nitrogens with zero attached hydrogens (tertiary/aromatic N) is 1. The molecule has 0 spiro atoms. The third kappa shape index (κ3) is 5.65. The summed E-state index contributed by atoms with van der Waals surface area (Å²) in [4.78, 5) is 63.9. The monoisotopic (exact) mass is 511 g/mol. The minimum absolute atomic E-state index is 0.105. The third-order valence-electron chi connectivity index (χ3n) is 6.82. The van der Waals surface area contributed by atoms with Crippen LogP contribution < -0.4 is 0 Å². The maximum atomic E-state index is 13.6.